The van der Waals surface area contributed by atoms with Gasteiger partial charge in [-0.05, 0) is 47.8 Å². The summed E-state index contributed by atoms with van der Waals surface area (Å²) in [6, 6.07) is 10.7. The molecule has 0 unspecified atom stereocenters. The lowest BCUT2D eigenvalue weighted by Gasteiger charge is -2.21. The zero-order valence-electron chi connectivity index (χ0n) is 13.3. The smallest absolute Gasteiger partial charge is 0.262 e. The standard InChI is InChI=1S/C18H17F2NO2S2/c19-13-5-6-16(15(20)10-13)23-11-17(22)21-14-4-1-3-12(9-14)18-24-7-2-8-25-18/h1,3-6,9-10,18H,2,7-8,11H2,(H,21,22). The molecule has 1 saturated heterocycles. The van der Waals surface area contributed by atoms with E-state index in [2.05, 4.69) is 11.4 Å². The molecule has 25 heavy (non-hydrogen) atoms. The van der Waals surface area contributed by atoms with Crippen LogP contribution in [0.4, 0.5) is 14.5 Å². The van der Waals surface area contributed by atoms with Gasteiger partial charge < -0.3 is 10.1 Å². The average Bonchev–Trinajstić information content (AvgIpc) is 2.62. The van der Waals surface area contributed by atoms with Crippen molar-refractivity contribution in [2.45, 2.75) is 11.0 Å². The molecule has 1 aliphatic rings. The van der Waals surface area contributed by atoms with Crippen LogP contribution in [0.2, 0.25) is 0 Å². The molecule has 0 radical (unpaired) electrons. The van der Waals surface area contributed by atoms with Crippen molar-refractivity contribution in [2.75, 3.05) is 23.4 Å². The number of anilines is 1. The van der Waals surface area contributed by atoms with Crippen LogP contribution in [0.25, 0.3) is 0 Å². The third-order valence-corrected chi connectivity index (χ3v) is 6.54. The molecule has 0 saturated carbocycles. The molecule has 3 rings (SSSR count). The second-order valence-electron chi connectivity index (χ2n) is 5.46. The number of hydrogen-bond donors (Lipinski definition) is 1. The van der Waals surface area contributed by atoms with E-state index in [1.54, 1.807) is 6.07 Å². The number of carbonyl (C=O) groups is 1. The van der Waals surface area contributed by atoms with Crippen molar-refractivity contribution < 1.29 is 18.3 Å². The molecule has 0 aliphatic carbocycles. The molecule has 2 aromatic carbocycles. The Hall–Kier alpha value is -1.73. The Balaban J connectivity index is 1.57. The molecule has 1 amide bonds. The molecule has 0 aromatic heterocycles. The van der Waals surface area contributed by atoms with Crippen LogP contribution in [0.1, 0.15) is 16.6 Å². The summed E-state index contributed by atoms with van der Waals surface area (Å²) in [5.74, 6) is 0.215. The fourth-order valence-corrected chi connectivity index (χ4v) is 5.25. The van der Waals surface area contributed by atoms with Crippen molar-refractivity contribution in [1.29, 1.82) is 0 Å². The number of carbonyl (C=O) groups excluding carboxylic acids is 1. The number of rotatable bonds is 5. The Labute approximate surface area is 153 Å². The van der Waals surface area contributed by atoms with Gasteiger partial charge in [0.15, 0.2) is 18.2 Å². The van der Waals surface area contributed by atoms with Crippen LogP contribution in [-0.2, 0) is 4.79 Å². The van der Waals surface area contributed by atoms with E-state index in [1.165, 1.54) is 6.42 Å². The Kier molecular flexibility index (Phi) is 6.20. The van der Waals surface area contributed by atoms with Crippen LogP contribution in [0.5, 0.6) is 5.75 Å². The highest BCUT2D eigenvalue weighted by molar-refractivity contribution is 8.16. The molecular weight excluding hydrogens is 364 g/mol. The van der Waals surface area contributed by atoms with E-state index in [1.807, 2.05) is 35.7 Å². The van der Waals surface area contributed by atoms with E-state index in [0.29, 0.717) is 10.3 Å². The van der Waals surface area contributed by atoms with Crippen molar-refractivity contribution in [1.82, 2.24) is 0 Å². The maximum atomic E-state index is 13.5. The first-order chi connectivity index (χ1) is 12.1. The highest BCUT2D eigenvalue weighted by atomic mass is 32.2. The molecular formula is C18H17F2NO2S2. The number of ether oxygens (including phenoxy) is 1. The molecule has 1 aliphatic heterocycles. The van der Waals surface area contributed by atoms with Gasteiger partial charge in [0.05, 0.1) is 4.58 Å². The molecule has 1 heterocycles. The van der Waals surface area contributed by atoms with E-state index in [9.17, 15) is 13.6 Å². The topological polar surface area (TPSA) is 38.3 Å². The van der Waals surface area contributed by atoms with Crippen LogP contribution < -0.4 is 10.1 Å². The second kappa shape index (κ2) is 8.58. The average molecular weight is 381 g/mol. The van der Waals surface area contributed by atoms with E-state index >= 15 is 0 Å². The minimum atomic E-state index is -0.832. The van der Waals surface area contributed by atoms with Crippen LogP contribution in [-0.4, -0.2) is 24.0 Å². The Bertz CT molecular complexity index is 752. The van der Waals surface area contributed by atoms with Gasteiger partial charge in [0.1, 0.15) is 5.82 Å². The first kappa shape index (κ1) is 18.1. The summed E-state index contributed by atoms with van der Waals surface area (Å²) in [5, 5.41) is 2.74. The molecule has 0 bridgehead atoms. The minimum Gasteiger partial charge on any atom is -0.481 e. The van der Waals surface area contributed by atoms with E-state index in [4.69, 9.17) is 4.74 Å². The molecule has 3 nitrogen and oxygen atoms in total. The lowest BCUT2D eigenvalue weighted by molar-refractivity contribution is -0.118. The third-order valence-electron chi connectivity index (χ3n) is 3.52. The number of amides is 1. The first-order valence-electron chi connectivity index (χ1n) is 7.83. The molecule has 1 fully saturated rings. The van der Waals surface area contributed by atoms with Gasteiger partial charge in [0, 0.05) is 11.8 Å². The molecule has 1 N–H and O–H groups in total. The number of hydrogen-bond acceptors (Lipinski definition) is 4. The number of halogens is 2. The Morgan fingerprint density at radius 2 is 1.96 bits per heavy atom. The van der Waals surface area contributed by atoms with Gasteiger partial charge in [-0.15, -0.1) is 23.5 Å². The van der Waals surface area contributed by atoms with Gasteiger partial charge in [-0.3, -0.25) is 4.79 Å². The predicted octanol–water partition coefficient (Wildman–Crippen LogP) is 4.85. The van der Waals surface area contributed by atoms with Crippen LogP contribution in [0.15, 0.2) is 42.5 Å². The number of thioether (sulfide) groups is 2. The number of nitrogens with one attached hydrogen (secondary N) is 1. The summed E-state index contributed by atoms with van der Waals surface area (Å²) >= 11 is 3.81. The summed E-state index contributed by atoms with van der Waals surface area (Å²) in [7, 11) is 0. The summed E-state index contributed by atoms with van der Waals surface area (Å²) in [6.45, 7) is -0.348. The molecule has 2 aromatic rings. The highest BCUT2D eigenvalue weighted by Gasteiger charge is 2.17. The SMILES string of the molecule is O=C(COc1ccc(F)cc1F)Nc1cccc(C2SCCCS2)c1. The minimum absolute atomic E-state index is 0.152. The monoisotopic (exact) mass is 381 g/mol. The van der Waals surface area contributed by atoms with Gasteiger partial charge in [-0.25, -0.2) is 8.78 Å². The zero-order valence-corrected chi connectivity index (χ0v) is 15.0. The third kappa shape index (κ3) is 5.12. The van der Waals surface area contributed by atoms with Crippen molar-refractivity contribution in [3.63, 3.8) is 0 Å². The van der Waals surface area contributed by atoms with Crippen molar-refractivity contribution in [2.24, 2.45) is 0 Å². The molecule has 0 atom stereocenters. The molecule has 132 valence electrons. The molecule has 7 heteroatoms. The van der Waals surface area contributed by atoms with Gasteiger partial charge >= 0.3 is 0 Å². The lowest BCUT2D eigenvalue weighted by atomic mass is 10.2. The zero-order chi connectivity index (χ0) is 17.6. The van der Waals surface area contributed by atoms with E-state index in [0.717, 1.165) is 35.3 Å². The van der Waals surface area contributed by atoms with Gasteiger partial charge in [-0.1, -0.05) is 12.1 Å². The van der Waals surface area contributed by atoms with Gasteiger partial charge in [0.25, 0.3) is 5.91 Å². The Morgan fingerprint density at radius 1 is 1.16 bits per heavy atom. The summed E-state index contributed by atoms with van der Waals surface area (Å²) in [5.41, 5.74) is 1.84. The quantitative estimate of drug-likeness (QED) is 0.803. The predicted molar refractivity (Wildman–Crippen MR) is 99.2 cm³/mol. The van der Waals surface area contributed by atoms with Crippen LogP contribution in [0.3, 0.4) is 0 Å². The van der Waals surface area contributed by atoms with Crippen LogP contribution in [0, 0.1) is 11.6 Å². The summed E-state index contributed by atoms with van der Waals surface area (Å²) in [6.07, 6.45) is 1.22. The largest absolute Gasteiger partial charge is 0.481 e. The van der Waals surface area contributed by atoms with Gasteiger partial charge in [-0.2, -0.15) is 0 Å². The lowest BCUT2D eigenvalue weighted by Crippen LogP contribution is -2.20. The first-order valence-corrected chi connectivity index (χ1v) is 9.92. The maximum absolute atomic E-state index is 13.5. The fraction of sp³-hybridized carbons (Fsp3) is 0.278. The van der Waals surface area contributed by atoms with Crippen molar-refractivity contribution in [3.8, 4) is 5.75 Å². The van der Waals surface area contributed by atoms with E-state index in [-0.39, 0.29) is 12.4 Å². The summed E-state index contributed by atoms with van der Waals surface area (Å²) < 4.78 is 31.8. The molecule has 0 spiro atoms. The van der Waals surface area contributed by atoms with Crippen LogP contribution >= 0.6 is 23.5 Å². The summed E-state index contributed by atoms with van der Waals surface area (Å²) in [4.78, 5) is 12.0. The fourth-order valence-electron chi connectivity index (χ4n) is 2.38. The second-order valence-corrected chi connectivity index (χ2v) is 8.19. The maximum Gasteiger partial charge on any atom is 0.262 e. The van der Waals surface area contributed by atoms with Crippen molar-refractivity contribution in [3.05, 3.63) is 59.7 Å². The van der Waals surface area contributed by atoms with Crippen molar-refractivity contribution >= 4 is 35.1 Å². The number of benzene rings is 2. The van der Waals surface area contributed by atoms with E-state index < -0.39 is 17.5 Å². The van der Waals surface area contributed by atoms with Gasteiger partial charge in [0.2, 0.25) is 0 Å². The highest BCUT2D eigenvalue weighted by Crippen LogP contribution is 2.44. The normalized spacial score (nSPS) is 15.0. The Morgan fingerprint density at radius 3 is 2.72 bits per heavy atom.